The van der Waals surface area contributed by atoms with Gasteiger partial charge in [-0.2, -0.15) is 0 Å². The van der Waals surface area contributed by atoms with E-state index in [1.54, 1.807) is 17.5 Å². The Balaban J connectivity index is 2.27. The number of hydrogen-bond donors (Lipinski definition) is 2. The van der Waals surface area contributed by atoms with E-state index in [-0.39, 0.29) is 11.8 Å². The molecular formula is C12H21N3OS. The number of rotatable bonds is 7. The van der Waals surface area contributed by atoms with E-state index in [0.29, 0.717) is 19.0 Å². The van der Waals surface area contributed by atoms with Gasteiger partial charge in [0.25, 0.3) is 0 Å². The summed E-state index contributed by atoms with van der Waals surface area (Å²) in [7, 11) is 0. The fraction of sp³-hybridized carbons (Fsp3) is 0.667. The van der Waals surface area contributed by atoms with Crippen LogP contribution in [0.25, 0.3) is 0 Å². The van der Waals surface area contributed by atoms with Crippen molar-refractivity contribution in [2.75, 3.05) is 13.1 Å². The lowest BCUT2D eigenvalue weighted by Crippen LogP contribution is -2.36. The van der Waals surface area contributed by atoms with E-state index in [0.717, 1.165) is 17.8 Å². The van der Waals surface area contributed by atoms with Gasteiger partial charge < -0.3 is 11.1 Å². The van der Waals surface area contributed by atoms with Crippen LogP contribution in [0, 0.1) is 11.8 Å². The van der Waals surface area contributed by atoms with Gasteiger partial charge in [-0.25, -0.2) is 4.98 Å². The number of nitrogens with two attached hydrogens (primary N) is 1. The summed E-state index contributed by atoms with van der Waals surface area (Å²) in [5.41, 5.74) is 5.62. The maximum absolute atomic E-state index is 11.8. The van der Waals surface area contributed by atoms with Gasteiger partial charge in [0, 0.05) is 31.1 Å². The van der Waals surface area contributed by atoms with Crippen molar-refractivity contribution in [2.45, 2.75) is 26.7 Å². The van der Waals surface area contributed by atoms with Crippen LogP contribution in [-0.2, 0) is 11.2 Å². The third-order valence-corrected chi connectivity index (χ3v) is 3.37. The quantitative estimate of drug-likeness (QED) is 0.774. The van der Waals surface area contributed by atoms with Crippen LogP contribution in [0.2, 0.25) is 0 Å². The number of aromatic nitrogens is 1. The Morgan fingerprint density at radius 2 is 2.35 bits per heavy atom. The Morgan fingerprint density at radius 3 is 2.88 bits per heavy atom. The summed E-state index contributed by atoms with van der Waals surface area (Å²) in [6.45, 7) is 5.26. The average molecular weight is 255 g/mol. The molecule has 1 atom stereocenters. The van der Waals surface area contributed by atoms with Gasteiger partial charge in [0.1, 0.15) is 0 Å². The van der Waals surface area contributed by atoms with Crippen molar-refractivity contribution in [1.82, 2.24) is 10.3 Å². The van der Waals surface area contributed by atoms with Crippen LogP contribution >= 0.6 is 11.3 Å². The minimum absolute atomic E-state index is 0.0636. The lowest BCUT2D eigenvalue weighted by Gasteiger charge is -2.16. The van der Waals surface area contributed by atoms with Crippen molar-refractivity contribution in [3.8, 4) is 0 Å². The summed E-state index contributed by atoms with van der Waals surface area (Å²) in [6.07, 6.45) is 3.42. The van der Waals surface area contributed by atoms with Crippen LogP contribution in [-0.4, -0.2) is 24.0 Å². The van der Waals surface area contributed by atoms with Crippen LogP contribution in [0.15, 0.2) is 11.6 Å². The molecule has 0 aliphatic rings. The second-order valence-electron chi connectivity index (χ2n) is 4.53. The second-order valence-corrected chi connectivity index (χ2v) is 5.51. The second kappa shape index (κ2) is 7.40. The molecule has 1 heterocycles. The maximum Gasteiger partial charge on any atom is 0.224 e. The van der Waals surface area contributed by atoms with Gasteiger partial charge in [-0.05, 0) is 12.3 Å². The molecule has 0 aliphatic carbocycles. The highest BCUT2D eigenvalue weighted by Gasteiger charge is 2.17. The molecule has 1 unspecified atom stereocenters. The highest BCUT2D eigenvalue weighted by Crippen LogP contribution is 2.10. The van der Waals surface area contributed by atoms with Gasteiger partial charge >= 0.3 is 0 Å². The van der Waals surface area contributed by atoms with Crippen LogP contribution in [0.1, 0.15) is 25.3 Å². The number of amides is 1. The summed E-state index contributed by atoms with van der Waals surface area (Å²) in [5.74, 6) is 0.498. The van der Waals surface area contributed by atoms with Gasteiger partial charge in [-0.1, -0.05) is 13.8 Å². The van der Waals surface area contributed by atoms with Crippen LogP contribution in [0.3, 0.4) is 0 Å². The molecule has 0 saturated heterocycles. The molecule has 17 heavy (non-hydrogen) atoms. The number of thiazole rings is 1. The third kappa shape index (κ3) is 5.28. The van der Waals surface area contributed by atoms with E-state index in [1.165, 1.54) is 0 Å². The molecule has 1 amide bonds. The fourth-order valence-electron chi connectivity index (χ4n) is 1.69. The molecule has 0 aliphatic heterocycles. The predicted molar refractivity (Wildman–Crippen MR) is 70.8 cm³/mol. The van der Waals surface area contributed by atoms with E-state index in [4.69, 9.17) is 5.73 Å². The van der Waals surface area contributed by atoms with Crippen LogP contribution < -0.4 is 11.1 Å². The van der Waals surface area contributed by atoms with Gasteiger partial charge in [0.05, 0.1) is 10.9 Å². The lowest BCUT2D eigenvalue weighted by atomic mass is 9.96. The molecule has 1 aromatic heterocycles. The maximum atomic E-state index is 11.8. The summed E-state index contributed by atoms with van der Waals surface area (Å²) >= 11 is 1.61. The molecule has 96 valence electrons. The normalized spacial score (nSPS) is 12.7. The molecule has 0 fully saturated rings. The summed E-state index contributed by atoms with van der Waals surface area (Å²) in [4.78, 5) is 16.0. The number of hydrogen-bond acceptors (Lipinski definition) is 4. The molecule has 1 rings (SSSR count). The Kier molecular flexibility index (Phi) is 6.15. The Bertz CT molecular complexity index is 325. The molecule has 4 nitrogen and oxygen atoms in total. The number of carbonyl (C=O) groups is 1. The number of nitrogens with one attached hydrogen (secondary N) is 1. The monoisotopic (exact) mass is 255 g/mol. The van der Waals surface area contributed by atoms with Gasteiger partial charge in [-0.3, -0.25) is 4.79 Å². The number of carbonyl (C=O) groups excluding carboxylic acids is 1. The molecule has 0 aromatic carbocycles. The first-order valence-electron chi connectivity index (χ1n) is 5.99. The van der Waals surface area contributed by atoms with Gasteiger partial charge in [0.15, 0.2) is 0 Å². The average Bonchev–Trinajstić information content (AvgIpc) is 2.78. The topological polar surface area (TPSA) is 68.0 Å². The SMILES string of the molecule is CC(C)CC(CN)C(=O)NCCc1nccs1. The highest BCUT2D eigenvalue weighted by molar-refractivity contribution is 7.09. The minimum Gasteiger partial charge on any atom is -0.355 e. The molecule has 0 radical (unpaired) electrons. The third-order valence-electron chi connectivity index (χ3n) is 2.53. The molecule has 0 bridgehead atoms. The zero-order valence-corrected chi connectivity index (χ0v) is 11.3. The van der Waals surface area contributed by atoms with Gasteiger partial charge in [-0.15, -0.1) is 11.3 Å². The van der Waals surface area contributed by atoms with Crippen molar-refractivity contribution >= 4 is 17.2 Å². The van der Waals surface area contributed by atoms with E-state index in [9.17, 15) is 4.79 Å². The lowest BCUT2D eigenvalue weighted by molar-refractivity contribution is -0.125. The summed E-state index contributed by atoms with van der Waals surface area (Å²) in [5, 5.41) is 5.92. The highest BCUT2D eigenvalue weighted by atomic mass is 32.1. The van der Waals surface area contributed by atoms with Crippen molar-refractivity contribution in [1.29, 1.82) is 0 Å². The molecule has 5 heteroatoms. The Hall–Kier alpha value is -0.940. The first-order chi connectivity index (χ1) is 8.13. The van der Waals surface area contributed by atoms with Crippen molar-refractivity contribution in [3.05, 3.63) is 16.6 Å². The van der Waals surface area contributed by atoms with Crippen molar-refractivity contribution < 1.29 is 4.79 Å². The fourth-order valence-corrected chi connectivity index (χ4v) is 2.31. The molecule has 0 spiro atoms. The smallest absolute Gasteiger partial charge is 0.224 e. The van der Waals surface area contributed by atoms with E-state index in [2.05, 4.69) is 24.1 Å². The van der Waals surface area contributed by atoms with Crippen molar-refractivity contribution in [2.24, 2.45) is 17.6 Å². The van der Waals surface area contributed by atoms with E-state index in [1.807, 2.05) is 5.38 Å². The van der Waals surface area contributed by atoms with Crippen LogP contribution in [0.4, 0.5) is 0 Å². The molecular weight excluding hydrogens is 234 g/mol. The first-order valence-corrected chi connectivity index (χ1v) is 6.87. The molecule has 0 saturated carbocycles. The number of nitrogens with zero attached hydrogens (tertiary/aromatic N) is 1. The Morgan fingerprint density at radius 1 is 1.59 bits per heavy atom. The summed E-state index contributed by atoms with van der Waals surface area (Å²) in [6, 6.07) is 0. The van der Waals surface area contributed by atoms with Crippen LogP contribution in [0.5, 0.6) is 0 Å². The van der Waals surface area contributed by atoms with E-state index >= 15 is 0 Å². The predicted octanol–water partition coefficient (Wildman–Crippen LogP) is 1.42. The standard InChI is InChI=1S/C12H21N3OS/c1-9(2)7-10(8-13)12(16)15-4-3-11-14-5-6-17-11/h5-6,9-10H,3-4,7-8,13H2,1-2H3,(H,15,16). The van der Waals surface area contributed by atoms with E-state index < -0.39 is 0 Å². The minimum atomic E-state index is -0.0636. The first kappa shape index (κ1) is 14.1. The Labute approximate surface area is 107 Å². The molecule has 1 aromatic rings. The van der Waals surface area contributed by atoms with Crippen molar-refractivity contribution in [3.63, 3.8) is 0 Å². The summed E-state index contributed by atoms with van der Waals surface area (Å²) < 4.78 is 0. The zero-order chi connectivity index (χ0) is 12.7. The zero-order valence-electron chi connectivity index (χ0n) is 10.5. The molecule has 3 N–H and O–H groups in total. The largest absolute Gasteiger partial charge is 0.355 e. The van der Waals surface area contributed by atoms with Gasteiger partial charge in [0.2, 0.25) is 5.91 Å².